The van der Waals surface area contributed by atoms with Crippen LogP contribution in [0.3, 0.4) is 0 Å². The molecule has 0 aromatic rings. The molecular weight excluding hydrogens is 151 g/mol. The quantitative estimate of drug-likeness (QED) is 0.626. The summed E-state index contributed by atoms with van der Waals surface area (Å²) in [6.45, 7) is 3.99. The van der Waals surface area contributed by atoms with E-state index in [0.717, 1.165) is 0 Å². The molecule has 4 heteroatoms. The van der Waals surface area contributed by atoms with Gasteiger partial charge in [-0.15, -0.1) is 0 Å². The van der Waals surface area contributed by atoms with Crippen molar-refractivity contribution in [1.82, 2.24) is 0 Å². The van der Waals surface area contributed by atoms with Crippen molar-refractivity contribution >= 4 is 7.37 Å². The molecule has 62 valence electrons. The molecule has 0 aliphatic heterocycles. The third kappa shape index (κ3) is 4.98. The standard InChI is InChI=1S/C6H15O3P/c1-3-9-10(2,8)6-4-5-7/h7H,3-6H2,1-2H3. The van der Waals surface area contributed by atoms with Gasteiger partial charge in [-0.3, -0.25) is 4.57 Å². The van der Waals surface area contributed by atoms with Crippen LogP contribution in [0.2, 0.25) is 0 Å². The lowest BCUT2D eigenvalue weighted by molar-refractivity contribution is 0.289. The molecule has 0 fully saturated rings. The first-order chi connectivity index (χ1) is 4.62. The molecule has 1 atom stereocenters. The minimum atomic E-state index is -2.37. The van der Waals surface area contributed by atoms with Crippen LogP contribution in [0.5, 0.6) is 0 Å². The monoisotopic (exact) mass is 166 g/mol. The van der Waals surface area contributed by atoms with Crippen molar-refractivity contribution < 1.29 is 14.2 Å². The molecule has 0 bridgehead atoms. The Bertz CT molecular complexity index is 124. The first kappa shape index (κ1) is 10.2. The Kier molecular flexibility index (Phi) is 4.96. The summed E-state index contributed by atoms with van der Waals surface area (Å²) in [5.74, 6) is 0. The maximum Gasteiger partial charge on any atom is 0.200 e. The van der Waals surface area contributed by atoms with Crippen molar-refractivity contribution in [3.8, 4) is 0 Å². The van der Waals surface area contributed by atoms with Gasteiger partial charge in [0.05, 0.1) is 6.61 Å². The Labute approximate surface area is 61.8 Å². The molecule has 0 spiro atoms. The molecule has 0 aliphatic carbocycles. The highest BCUT2D eigenvalue weighted by atomic mass is 31.2. The lowest BCUT2D eigenvalue weighted by Crippen LogP contribution is -1.95. The zero-order valence-electron chi connectivity index (χ0n) is 6.54. The van der Waals surface area contributed by atoms with Gasteiger partial charge in [0.25, 0.3) is 0 Å². The van der Waals surface area contributed by atoms with Crippen molar-refractivity contribution in [3.05, 3.63) is 0 Å². The van der Waals surface area contributed by atoms with Crippen molar-refractivity contribution in [2.75, 3.05) is 26.0 Å². The summed E-state index contributed by atoms with van der Waals surface area (Å²) in [5, 5.41) is 8.42. The van der Waals surface area contributed by atoms with E-state index in [1.54, 1.807) is 6.66 Å². The normalized spacial score (nSPS) is 16.7. The summed E-state index contributed by atoms with van der Waals surface area (Å²) < 4.78 is 16.2. The predicted molar refractivity (Wildman–Crippen MR) is 41.7 cm³/mol. The van der Waals surface area contributed by atoms with Gasteiger partial charge in [-0.2, -0.15) is 0 Å². The van der Waals surface area contributed by atoms with Crippen LogP contribution in [0.25, 0.3) is 0 Å². The highest BCUT2D eigenvalue weighted by molar-refractivity contribution is 7.58. The second-order valence-corrected chi connectivity index (χ2v) is 4.97. The van der Waals surface area contributed by atoms with Crippen molar-refractivity contribution in [3.63, 3.8) is 0 Å². The molecule has 10 heavy (non-hydrogen) atoms. The van der Waals surface area contributed by atoms with E-state index in [9.17, 15) is 4.57 Å². The van der Waals surface area contributed by atoms with E-state index in [4.69, 9.17) is 9.63 Å². The van der Waals surface area contributed by atoms with E-state index < -0.39 is 7.37 Å². The van der Waals surface area contributed by atoms with E-state index in [-0.39, 0.29) is 6.61 Å². The molecule has 0 aromatic carbocycles. The summed E-state index contributed by atoms with van der Waals surface area (Å²) >= 11 is 0. The number of aliphatic hydroxyl groups is 1. The fraction of sp³-hybridized carbons (Fsp3) is 1.00. The Morgan fingerprint density at radius 3 is 2.60 bits per heavy atom. The second kappa shape index (κ2) is 4.89. The van der Waals surface area contributed by atoms with E-state index in [1.807, 2.05) is 6.92 Å². The molecule has 0 heterocycles. The Morgan fingerprint density at radius 2 is 2.20 bits per heavy atom. The topological polar surface area (TPSA) is 46.5 Å². The van der Waals surface area contributed by atoms with Crippen LogP contribution >= 0.6 is 7.37 Å². The van der Waals surface area contributed by atoms with Crippen LogP contribution in [0, 0.1) is 0 Å². The lowest BCUT2D eigenvalue weighted by Gasteiger charge is -2.10. The van der Waals surface area contributed by atoms with Gasteiger partial charge in [-0.25, -0.2) is 0 Å². The predicted octanol–water partition coefficient (Wildman–Crippen LogP) is 1.31. The molecular formula is C6H15O3P. The van der Waals surface area contributed by atoms with Crippen LogP contribution in [-0.2, 0) is 9.09 Å². The Hall–Kier alpha value is 0.150. The first-order valence-electron chi connectivity index (χ1n) is 3.44. The largest absolute Gasteiger partial charge is 0.396 e. The van der Waals surface area contributed by atoms with Crippen LogP contribution in [0.1, 0.15) is 13.3 Å². The van der Waals surface area contributed by atoms with Gasteiger partial charge in [0, 0.05) is 19.4 Å². The van der Waals surface area contributed by atoms with Crippen molar-refractivity contribution in [2.45, 2.75) is 13.3 Å². The van der Waals surface area contributed by atoms with Gasteiger partial charge in [0.15, 0.2) is 7.37 Å². The van der Waals surface area contributed by atoms with Crippen molar-refractivity contribution in [1.29, 1.82) is 0 Å². The van der Waals surface area contributed by atoms with Gasteiger partial charge in [0.1, 0.15) is 0 Å². The second-order valence-electron chi connectivity index (χ2n) is 2.23. The molecule has 0 aliphatic rings. The van der Waals surface area contributed by atoms with Crippen LogP contribution in [0.15, 0.2) is 0 Å². The van der Waals surface area contributed by atoms with Crippen LogP contribution in [-0.4, -0.2) is 31.1 Å². The first-order valence-corrected chi connectivity index (χ1v) is 5.70. The highest BCUT2D eigenvalue weighted by Gasteiger charge is 2.12. The van der Waals surface area contributed by atoms with E-state index in [0.29, 0.717) is 19.2 Å². The Morgan fingerprint density at radius 1 is 1.60 bits per heavy atom. The van der Waals surface area contributed by atoms with E-state index in [1.165, 1.54) is 0 Å². The van der Waals surface area contributed by atoms with E-state index in [2.05, 4.69) is 0 Å². The molecule has 0 amide bonds. The number of rotatable bonds is 5. The smallest absolute Gasteiger partial charge is 0.200 e. The summed E-state index contributed by atoms with van der Waals surface area (Å²) in [6, 6.07) is 0. The molecule has 3 nitrogen and oxygen atoms in total. The number of hydrogen-bond acceptors (Lipinski definition) is 3. The van der Waals surface area contributed by atoms with Gasteiger partial charge in [0.2, 0.25) is 0 Å². The average Bonchev–Trinajstić information content (AvgIpc) is 1.84. The molecule has 0 saturated carbocycles. The summed E-state index contributed by atoms with van der Waals surface area (Å²) in [7, 11) is -2.37. The summed E-state index contributed by atoms with van der Waals surface area (Å²) in [6.07, 6.45) is 1.05. The van der Waals surface area contributed by atoms with Crippen LogP contribution < -0.4 is 0 Å². The van der Waals surface area contributed by atoms with E-state index >= 15 is 0 Å². The van der Waals surface area contributed by atoms with Crippen LogP contribution in [0.4, 0.5) is 0 Å². The van der Waals surface area contributed by atoms with Gasteiger partial charge < -0.3 is 9.63 Å². The zero-order chi connectivity index (χ0) is 8.04. The SMILES string of the molecule is CCOP(C)(=O)CCCO. The fourth-order valence-electron chi connectivity index (χ4n) is 0.696. The average molecular weight is 166 g/mol. The Balaban J connectivity index is 3.53. The van der Waals surface area contributed by atoms with Crippen molar-refractivity contribution in [2.24, 2.45) is 0 Å². The number of hydrogen-bond donors (Lipinski definition) is 1. The van der Waals surface area contributed by atoms with Gasteiger partial charge >= 0.3 is 0 Å². The fourth-order valence-corrected chi connectivity index (χ4v) is 2.09. The van der Waals surface area contributed by atoms with Gasteiger partial charge in [-0.05, 0) is 13.3 Å². The molecule has 0 radical (unpaired) electrons. The zero-order valence-corrected chi connectivity index (χ0v) is 7.43. The third-order valence-electron chi connectivity index (χ3n) is 1.12. The minimum Gasteiger partial charge on any atom is -0.396 e. The minimum absolute atomic E-state index is 0.0882. The molecule has 0 aromatic heterocycles. The number of aliphatic hydroxyl groups excluding tert-OH is 1. The maximum atomic E-state index is 11.2. The molecule has 0 rings (SSSR count). The summed E-state index contributed by atoms with van der Waals surface area (Å²) in [5.41, 5.74) is 0. The third-order valence-corrected chi connectivity index (χ3v) is 3.06. The molecule has 1 unspecified atom stereocenters. The molecule has 1 N–H and O–H groups in total. The lowest BCUT2D eigenvalue weighted by atomic mass is 10.5. The highest BCUT2D eigenvalue weighted by Crippen LogP contribution is 2.42. The van der Waals surface area contributed by atoms with Gasteiger partial charge in [-0.1, -0.05) is 0 Å². The molecule has 0 saturated heterocycles. The maximum absolute atomic E-state index is 11.2. The summed E-state index contributed by atoms with van der Waals surface area (Å²) in [4.78, 5) is 0.